The van der Waals surface area contributed by atoms with E-state index in [1.807, 2.05) is 45.4 Å². The normalized spacial score (nSPS) is 10.7. The van der Waals surface area contributed by atoms with E-state index in [0.29, 0.717) is 6.42 Å². The van der Waals surface area contributed by atoms with E-state index in [0.717, 1.165) is 25.2 Å². The standard InChI is InChI=1S/C14H23N3O/c1-15-10-4-5-14(18)16-13-8-6-12(7-9-13)11-17(2)3/h6-9,15H,4-5,10-11H2,1-3H3,(H,16,18). The second-order valence-electron chi connectivity index (χ2n) is 4.69. The summed E-state index contributed by atoms with van der Waals surface area (Å²) in [6.45, 7) is 1.78. The maximum absolute atomic E-state index is 11.6. The van der Waals surface area contributed by atoms with E-state index in [1.165, 1.54) is 5.56 Å². The second kappa shape index (κ2) is 7.84. The summed E-state index contributed by atoms with van der Waals surface area (Å²) in [5.74, 6) is 0.0746. The zero-order chi connectivity index (χ0) is 13.4. The molecule has 0 atom stereocenters. The minimum absolute atomic E-state index is 0.0746. The van der Waals surface area contributed by atoms with Crippen LogP contribution in [0.3, 0.4) is 0 Å². The molecule has 0 aliphatic heterocycles. The van der Waals surface area contributed by atoms with E-state index >= 15 is 0 Å². The Bertz CT molecular complexity index is 360. The first-order chi connectivity index (χ1) is 8.61. The molecule has 0 unspecified atom stereocenters. The maximum atomic E-state index is 11.6. The zero-order valence-electron chi connectivity index (χ0n) is 11.5. The van der Waals surface area contributed by atoms with Crippen LogP contribution in [-0.4, -0.2) is 38.5 Å². The fourth-order valence-electron chi connectivity index (χ4n) is 1.71. The summed E-state index contributed by atoms with van der Waals surface area (Å²) in [6, 6.07) is 8.00. The lowest BCUT2D eigenvalue weighted by Gasteiger charge is -2.10. The Morgan fingerprint density at radius 1 is 1.22 bits per heavy atom. The second-order valence-corrected chi connectivity index (χ2v) is 4.69. The van der Waals surface area contributed by atoms with Crippen LogP contribution in [0.5, 0.6) is 0 Å². The SMILES string of the molecule is CNCCCC(=O)Nc1ccc(CN(C)C)cc1. The van der Waals surface area contributed by atoms with Crippen LogP contribution in [0.4, 0.5) is 5.69 Å². The number of carbonyl (C=O) groups excluding carboxylic acids is 1. The Morgan fingerprint density at radius 3 is 2.44 bits per heavy atom. The molecular formula is C14H23N3O. The van der Waals surface area contributed by atoms with Crippen LogP contribution >= 0.6 is 0 Å². The summed E-state index contributed by atoms with van der Waals surface area (Å²) in [4.78, 5) is 13.7. The fourth-order valence-corrected chi connectivity index (χ4v) is 1.71. The topological polar surface area (TPSA) is 44.4 Å². The summed E-state index contributed by atoms with van der Waals surface area (Å²) in [5.41, 5.74) is 2.11. The summed E-state index contributed by atoms with van der Waals surface area (Å²) in [6.07, 6.45) is 1.42. The van der Waals surface area contributed by atoms with Crippen LogP contribution in [0.1, 0.15) is 18.4 Å². The number of amides is 1. The first-order valence-electron chi connectivity index (χ1n) is 6.30. The number of rotatable bonds is 7. The van der Waals surface area contributed by atoms with Crippen molar-refractivity contribution in [2.45, 2.75) is 19.4 Å². The van der Waals surface area contributed by atoms with E-state index < -0.39 is 0 Å². The number of nitrogens with zero attached hydrogens (tertiary/aromatic N) is 1. The summed E-state index contributed by atoms with van der Waals surface area (Å²) in [7, 11) is 5.97. The van der Waals surface area contributed by atoms with Gasteiger partial charge in [-0.3, -0.25) is 4.79 Å². The van der Waals surface area contributed by atoms with Gasteiger partial charge in [0.05, 0.1) is 0 Å². The summed E-state index contributed by atoms with van der Waals surface area (Å²) >= 11 is 0. The van der Waals surface area contributed by atoms with Crippen LogP contribution in [0.15, 0.2) is 24.3 Å². The molecule has 0 aromatic heterocycles. The monoisotopic (exact) mass is 249 g/mol. The molecule has 4 nitrogen and oxygen atoms in total. The molecule has 1 rings (SSSR count). The van der Waals surface area contributed by atoms with E-state index in [9.17, 15) is 4.79 Å². The smallest absolute Gasteiger partial charge is 0.224 e. The first kappa shape index (κ1) is 14.7. The van der Waals surface area contributed by atoms with Crippen molar-refractivity contribution in [1.29, 1.82) is 0 Å². The lowest BCUT2D eigenvalue weighted by atomic mass is 10.2. The number of benzene rings is 1. The van der Waals surface area contributed by atoms with Gasteiger partial charge < -0.3 is 15.5 Å². The van der Waals surface area contributed by atoms with Gasteiger partial charge in [0.25, 0.3) is 0 Å². The van der Waals surface area contributed by atoms with Gasteiger partial charge in [-0.2, -0.15) is 0 Å². The highest BCUT2D eigenvalue weighted by Crippen LogP contribution is 2.11. The molecule has 0 spiro atoms. The average Bonchev–Trinajstić information content (AvgIpc) is 2.31. The Balaban J connectivity index is 2.40. The Hall–Kier alpha value is -1.39. The van der Waals surface area contributed by atoms with Crippen molar-refractivity contribution in [2.75, 3.05) is 33.0 Å². The number of nitrogens with one attached hydrogen (secondary N) is 2. The summed E-state index contributed by atoms with van der Waals surface area (Å²) < 4.78 is 0. The number of hydrogen-bond acceptors (Lipinski definition) is 3. The molecule has 0 aliphatic carbocycles. The Kier molecular flexibility index (Phi) is 6.39. The molecule has 0 saturated carbocycles. The van der Waals surface area contributed by atoms with Crippen molar-refractivity contribution in [3.05, 3.63) is 29.8 Å². The fraction of sp³-hybridized carbons (Fsp3) is 0.500. The van der Waals surface area contributed by atoms with Crippen molar-refractivity contribution in [2.24, 2.45) is 0 Å². The lowest BCUT2D eigenvalue weighted by molar-refractivity contribution is -0.116. The molecule has 0 saturated heterocycles. The van der Waals surface area contributed by atoms with E-state index in [4.69, 9.17) is 0 Å². The van der Waals surface area contributed by atoms with E-state index in [2.05, 4.69) is 15.5 Å². The maximum Gasteiger partial charge on any atom is 0.224 e. The molecule has 0 fully saturated rings. The van der Waals surface area contributed by atoms with Gasteiger partial charge in [-0.1, -0.05) is 12.1 Å². The van der Waals surface area contributed by atoms with Gasteiger partial charge in [0.15, 0.2) is 0 Å². The number of anilines is 1. The van der Waals surface area contributed by atoms with Crippen molar-refractivity contribution in [1.82, 2.24) is 10.2 Å². The quantitative estimate of drug-likeness (QED) is 0.723. The number of hydrogen-bond donors (Lipinski definition) is 2. The molecule has 1 aromatic rings. The number of carbonyl (C=O) groups is 1. The molecule has 0 heterocycles. The Morgan fingerprint density at radius 2 is 1.89 bits per heavy atom. The third-order valence-corrected chi connectivity index (χ3v) is 2.57. The largest absolute Gasteiger partial charge is 0.326 e. The lowest BCUT2D eigenvalue weighted by Crippen LogP contribution is -2.15. The van der Waals surface area contributed by atoms with Crippen LogP contribution in [0, 0.1) is 0 Å². The Labute approximate surface area is 109 Å². The van der Waals surface area contributed by atoms with Crippen molar-refractivity contribution in [3.63, 3.8) is 0 Å². The van der Waals surface area contributed by atoms with Gasteiger partial charge in [0.2, 0.25) is 5.91 Å². The molecule has 18 heavy (non-hydrogen) atoms. The minimum Gasteiger partial charge on any atom is -0.326 e. The molecular weight excluding hydrogens is 226 g/mol. The van der Waals surface area contributed by atoms with Crippen molar-refractivity contribution in [3.8, 4) is 0 Å². The highest BCUT2D eigenvalue weighted by molar-refractivity contribution is 5.90. The van der Waals surface area contributed by atoms with Crippen molar-refractivity contribution >= 4 is 11.6 Å². The highest BCUT2D eigenvalue weighted by atomic mass is 16.1. The average molecular weight is 249 g/mol. The van der Waals surface area contributed by atoms with Crippen LogP contribution in [0.2, 0.25) is 0 Å². The molecule has 0 radical (unpaired) electrons. The van der Waals surface area contributed by atoms with Gasteiger partial charge in [-0.05, 0) is 51.8 Å². The molecule has 2 N–H and O–H groups in total. The zero-order valence-corrected chi connectivity index (χ0v) is 11.5. The van der Waals surface area contributed by atoms with Crippen LogP contribution < -0.4 is 10.6 Å². The minimum atomic E-state index is 0.0746. The third kappa shape index (κ3) is 5.80. The molecule has 4 heteroatoms. The van der Waals surface area contributed by atoms with Crippen molar-refractivity contribution < 1.29 is 4.79 Å². The molecule has 1 amide bonds. The third-order valence-electron chi connectivity index (χ3n) is 2.57. The van der Waals surface area contributed by atoms with Crippen LogP contribution in [-0.2, 0) is 11.3 Å². The van der Waals surface area contributed by atoms with Gasteiger partial charge in [-0.15, -0.1) is 0 Å². The van der Waals surface area contributed by atoms with Crippen LogP contribution in [0.25, 0.3) is 0 Å². The van der Waals surface area contributed by atoms with Gasteiger partial charge in [-0.25, -0.2) is 0 Å². The molecule has 1 aromatic carbocycles. The highest BCUT2D eigenvalue weighted by Gasteiger charge is 2.02. The predicted octanol–water partition coefficient (Wildman–Crippen LogP) is 1.69. The summed E-state index contributed by atoms with van der Waals surface area (Å²) in [5, 5.41) is 5.93. The van der Waals surface area contributed by atoms with Gasteiger partial charge in [0.1, 0.15) is 0 Å². The molecule has 0 aliphatic rings. The van der Waals surface area contributed by atoms with Gasteiger partial charge >= 0.3 is 0 Å². The first-order valence-corrected chi connectivity index (χ1v) is 6.30. The van der Waals surface area contributed by atoms with E-state index in [1.54, 1.807) is 0 Å². The molecule has 100 valence electrons. The predicted molar refractivity (Wildman–Crippen MR) is 75.6 cm³/mol. The molecule has 0 bridgehead atoms. The van der Waals surface area contributed by atoms with Gasteiger partial charge in [0, 0.05) is 18.7 Å². The van der Waals surface area contributed by atoms with E-state index in [-0.39, 0.29) is 5.91 Å².